The fourth-order valence-corrected chi connectivity index (χ4v) is 3.37. The van der Waals surface area contributed by atoms with Crippen molar-refractivity contribution in [3.63, 3.8) is 0 Å². The van der Waals surface area contributed by atoms with Gasteiger partial charge in [0.25, 0.3) is 0 Å². The SMILES string of the molecule is CCOC(Cc1ccc(OCc2nc(-c3cc(OC)cc(OC)c3)oc2C)cc1C)C(=O)O. The monoisotopic (exact) mass is 455 g/mol. The molecule has 1 aromatic heterocycles. The third-order valence-electron chi connectivity index (χ3n) is 5.23. The van der Waals surface area contributed by atoms with Crippen LogP contribution in [-0.4, -0.2) is 43.0 Å². The second kappa shape index (κ2) is 10.9. The first kappa shape index (κ1) is 24.1. The van der Waals surface area contributed by atoms with Crippen molar-refractivity contribution in [1.82, 2.24) is 4.98 Å². The highest BCUT2D eigenvalue weighted by molar-refractivity contribution is 5.72. The summed E-state index contributed by atoms with van der Waals surface area (Å²) in [5.74, 6) is 2.08. The van der Waals surface area contributed by atoms with Crippen molar-refractivity contribution in [2.75, 3.05) is 20.8 Å². The number of ether oxygens (including phenoxy) is 4. The summed E-state index contributed by atoms with van der Waals surface area (Å²) in [4.78, 5) is 15.9. The lowest BCUT2D eigenvalue weighted by Crippen LogP contribution is -2.26. The number of hydrogen-bond donors (Lipinski definition) is 1. The topological polar surface area (TPSA) is 100 Å². The number of carboxylic acid groups (broad SMARTS) is 1. The number of carbonyl (C=O) groups is 1. The molecule has 0 saturated carbocycles. The van der Waals surface area contributed by atoms with Gasteiger partial charge in [0.2, 0.25) is 5.89 Å². The molecule has 0 fully saturated rings. The van der Waals surface area contributed by atoms with Gasteiger partial charge < -0.3 is 28.5 Å². The molecule has 3 rings (SSSR count). The molecule has 0 aliphatic carbocycles. The van der Waals surface area contributed by atoms with Crippen LogP contribution >= 0.6 is 0 Å². The number of nitrogens with zero attached hydrogens (tertiary/aromatic N) is 1. The zero-order valence-corrected chi connectivity index (χ0v) is 19.5. The Morgan fingerprint density at radius 3 is 2.33 bits per heavy atom. The van der Waals surface area contributed by atoms with Gasteiger partial charge in [-0.3, -0.25) is 0 Å². The largest absolute Gasteiger partial charge is 0.497 e. The fourth-order valence-electron chi connectivity index (χ4n) is 3.37. The normalized spacial score (nSPS) is 11.8. The summed E-state index contributed by atoms with van der Waals surface area (Å²) in [5.41, 5.74) is 3.24. The van der Waals surface area contributed by atoms with Gasteiger partial charge in [-0.25, -0.2) is 9.78 Å². The summed E-state index contributed by atoms with van der Waals surface area (Å²) >= 11 is 0. The standard InChI is InChI=1S/C25H29NO7/c1-6-31-23(25(27)28)12-17-7-8-19(9-15(17)2)32-14-22-16(3)33-24(26-22)18-10-20(29-4)13-21(11-18)30-5/h7-11,13,23H,6,12,14H2,1-5H3,(H,27,28). The molecule has 8 nitrogen and oxygen atoms in total. The van der Waals surface area contributed by atoms with E-state index in [0.29, 0.717) is 47.6 Å². The Balaban J connectivity index is 1.71. The number of carboxylic acids is 1. The summed E-state index contributed by atoms with van der Waals surface area (Å²) in [6.45, 7) is 6.11. The van der Waals surface area contributed by atoms with Crippen molar-refractivity contribution >= 4 is 5.97 Å². The van der Waals surface area contributed by atoms with Gasteiger partial charge in [0.05, 0.1) is 14.2 Å². The molecule has 0 radical (unpaired) electrons. The second-order valence-electron chi connectivity index (χ2n) is 7.49. The highest BCUT2D eigenvalue weighted by atomic mass is 16.5. The molecule has 176 valence electrons. The highest BCUT2D eigenvalue weighted by Gasteiger charge is 2.19. The van der Waals surface area contributed by atoms with Gasteiger partial charge in [-0.05, 0) is 56.2 Å². The number of oxazole rings is 1. The van der Waals surface area contributed by atoms with Crippen molar-refractivity contribution in [3.05, 3.63) is 59.0 Å². The van der Waals surface area contributed by atoms with E-state index in [1.165, 1.54) is 0 Å². The lowest BCUT2D eigenvalue weighted by molar-refractivity contribution is -0.149. The van der Waals surface area contributed by atoms with Gasteiger partial charge in [-0.2, -0.15) is 0 Å². The maximum Gasteiger partial charge on any atom is 0.333 e. The van der Waals surface area contributed by atoms with Crippen molar-refractivity contribution < 1.29 is 33.3 Å². The summed E-state index contributed by atoms with van der Waals surface area (Å²) in [5, 5.41) is 9.31. The van der Waals surface area contributed by atoms with Crippen LogP contribution in [0.3, 0.4) is 0 Å². The minimum atomic E-state index is -0.970. The lowest BCUT2D eigenvalue weighted by Gasteiger charge is -2.15. The van der Waals surface area contributed by atoms with Crippen LogP contribution in [0, 0.1) is 13.8 Å². The van der Waals surface area contributed by atoms with E-state index in [1.54, 1.807) is 27.2 Å². The van der Waals surface area contributed by atoms with Crippen LogP contribution in [0.2, 0.25) is 0 Å². The number of rotatable bonds is 11. The first-order valence-corrected chi connectivity index (χ1v) is 10.6. The highest BCUT2D eigenvalue weighted by Crippen LogP contribution is 2.30. The zero-order chi connectivity index (χ0) is 24.0. The van der Waals surface area contributed by atoms with Crippen LogP contribution in [0.4, 0.5) is 0 Å². The molecule has 3 aromatic rings. The smallest absolute Gasteiger partial charge is 0.333 e. The van der Waals surface area contributed by atoms with E-state index in [0.717, 1.165) is 16.7 Å². The molecule has 0 aliphatic rings. The average Bonchev–Trinajstić information content (AvgIpc) is 3.18. The molecule has 2 aromatic carbocycles. The second-order valence-corrected chi connectivity index (χ2v) is 7.49. The third-order valence-corrected chi connectivity index (χ3v) is 5.23. The average molecular weight is 456 g/mol. The number of aromatic nitrogens is 1. The number of hydrogen-bond acceptors (Lipinski definition) is 7. The Kier molecular flexibility index (Phi) is 7.95. The summed E-state index contributed by atoms with van der Waals surface area (Å²) in [7, 11) is 3.18. The van der Waals surface area contributed by atoms with Crippen LogP contribution in [0.25, 0.3) is 11.5 Å². The summed E-state index contributed by atoms with van der Waals surface area (Å²) in [6, 6.07) is 11.0. The summed E-state index contributed by atoms with van der Waals surface area (Å²) < 4.78 is 27.7. The number of benzene rings is 2. The molecule has 1 N–H and O–H groups in total. The predicted octanol–water partition coefficient (Wildman–Crippen LogP) is 4.59. The molecule has 8 heteroatoms. The van der Waals surface area contributed by atoms with Crippen molar-refractivity contribution in [1.29, 1.82) is 0 Å². The van der Waals surface area contributed by atoms with Gasteiger partial charge >= 0.3 is 5.97 Å². The quantitative estimate of drug-likeness (QED) is 0.448. The molecular formula is C25H29NO7. The molecule has 1 unspecified atom stereocenters. The number of aliphatic carboxylic acids is 1. The Morgan fingerprint density at radius 2 is 1.76 bits per heavy atom. The molecule has 0 spiro atoms. The third kappa shape index (κ3) is 6.04. The van der Waals surface area contributed by atoms with Crippen molar-refractivity contribution in [2.45, 2.75) is 39.9 Å². The van der Waals surface area contributed by atoms with Gasteiger partial charge in [-0.1, -0.05) is 6.07 Å². The van der Waals surface area contributed by atoms with Crippen LogP contribution in [0.15, 0.2) is 40.8 Å². The number of aryl methyl sites for hydroxylation is 2. The van der Waals surface area contributed by atoms with E-state index in [1.807, 2.05) is 44.2 Å². The van der Waals surface area contributed by atoms with E-state index < -0.39 is 12.1 Å². The van der Waals surface area contributed by atoms with Crippen LogP contribution < -0.4 is 14.2 Å². The van der Waals surface area contributed by atoms with Gasteiger partial charge in [-0.15, -0.1) is 0 Å². The first-order valence-electron chi connectivity index (χ1n) is 10.6. The Bertz CT molecular complexity index is 1080. The van der Waals surface area contributed by atoms with E-state index in [9.17, 15) is 9.90 Å². The van der Waals surface area contributed by atoms with E-state index in [2.05, 4.69) is 4.98 Å². The fraction of sp³-hybridized carbons (Fsp3) is 0.360. The molecule has 1 atom stereocenters. The molecule has 0 aliphatic heterocycles. The Morgan fingerprint density at radius 1 is 1.06 bits per heavy atom. The maximum absolute atomic E-state index is 11.4. The molecule has 0 bridgehead atoms. The van der Waals surface area contributed by atoms with E-state index in [-0.39, 0.29) is 6.61 Å². The number of methoxy groups -OCH3 is 2. The molecule has 0 amide bonds. The van der Waals surface area contributed by atoms with Crippen molar-refractivity contribution in [2.24, 2.45) is 0 Å². The van der Waals surface area contributed by atoms with Crippen LogP contribution in [0.1, 0.15) is 29.5 Å². The molecule has 1 heterocycles. The van der Waals surface area contributed by atoms with Crippen LogP contribution in [-0.2, 0) is 22.6 Å². The van der Waals surface area contributed by atoms with Gasteiger partial charge in [0.15, 0.2) is 6.10 Å². The minimum absolute atomic E-state index is 0.228. The minimum Gasteiger partial charge on any atom is -0.497 e. The van der Waals surface area contributed by atoms with Crippen molar-refractivity contribution in [3.8, 4) is 28.7 Å². The molecular weight excluding hydrogens is 426 g/mol. The Labute approximate surface area is 193 Å². The predicted molar refractivity (Wildman–Crippen MR) is 122 cm³/mol. The molecule has 0 saturated heterocycles. The van der Waals surface area contributed by atoms with E-state index in [4.69, 9.17) is 23.4 Å². The van der Waals surface area contributed by atoms with E-state index >= 15 is 0 Å². The zero-order valence-electron chi connectivity index (χ0n) is 19.5. The van der Waals surface area contributed by atoms with Gasteiger partial charge in [0.1, 0.15) is 35.3 Å². The summed E-state index contributed by atoms with van der Waals surface area (Å²) in [6.07, 6.45) is -0.572. The first-order chi connectivity index (χ1) is 15.8. The lowest BCUT2D eigenvalue weighted by atomic mass is 10.0. The molecule has 33 heavy (non-hydrogen) atoms. The maximum atomic E-state index is 11.4. The van der Waals surface area contributed by atoms with Gasteiger partial charge in [0, 0.05) is 24.7 Å². The van der Waals surface area contributed by atoms with Crippen LogP contribution in [0.5, 0.6) is 17.2 Å². The Hall–Kier alpha value is -3.52.